The minimum Gasteiger partial charge on any atom is -0.497 e. The van der Waals surface area contributed by atoms with Crippen LogP contribution in [0, 0.1) is 0 Å². The number of benzene rings is 1. The first-order chi connectivity index (χ1) is 11.5. The van der Waals surface area contributed by atoms with E-state index in [-0.39, 0.29) is 0 Å². The molecule has 24 heavy (non-hydrogen) atoms. The Kier molecular flexibility index (Phi) is 5.18. The van der Waals surface area contributed by atoms with E-state index < -0.39 is 10.0 Å². The summed E-state index contributed by atoms with van der Waals surface area (Å²) >= 11 is 1.69. The zero-order valence-corrected chi connectivity index (χ0v) is 15.5. The van der Waals surface area contributed by atoms with Gasteiger partial charge in [0.15, 0.2) is 0 Å². The van der Waals surface area contributed by atoms with Crippen molar-refractivity contribution in [3.05, 3.63) is 58.5 Å². The van der Waals surface area contributed by atoms with E-state index in [2.05, 4.69) is 0 Å². The van der Waals surface area contributed by atoms with Gasteiger partial charge in [-0.25, -0.2) is 8.42 Å². The lowest BCUT2D eigenvalue weighted by molar-refractivity contribution is 0.408. The van der Waals surface area contributed by atoms with Crippen molar-refractivity contribution < 1.29 is 13.2 Å². The molecule has 0 unspecified atom stereocenters. The van der Waals surface area contributed by atoms with Gasteiger partial charge in [0.1, 0.15) is 5.75 Å². The highest BCUT2D eigenvalue weighted by Gasteiger charge is 2.28. The van der Waals surface area contributed by atoms with Gasteiger partial charge in [0.2, 0.25) is 10.0 Å². The summed E-state index contributed by atoms with van der Waals surface area (Å²) in [5.41, 5.74) is 2.05. The van der Waals surface area contributed by atoms with E-state index >= 15 is 0 Å². The van der Waals surface area contributed by atoms with E-state index in [1.165, 1.54) is 0 Å². The number of ether oxygens (including phenoxy) is 1. The molecule has 0 radical (unpaired) electrons. The summed E-state index contributed by atoms with van der Waals surface area (Å²) in [5.74, 6) is 1.50. The highest BCUT2D eigenvalue weighted by atomic mass is 32.2. The fourth-order valence-electron chi connectivity index (χ4n) is 2.74. The summed E-state index contributed by atoms with van der Waals surface area (Å²) in [6.07, 6.45) is 7.89. The van der Waals surface area contributed by atoms with Gasteiger partial charge in [-0.05, 0) is 36.8 Å². The molecule has 1 aliphatic carbocycles. The molecule has 0 N–H and O–H groups in total. The highest BCUT2D eigenvalue weighted by Crippen LogP contribution is 2.33. The molecule has 0 bridgehead atoms. The number of hydrogen-bond donors (Lipinski definition) is 0. The van der Waals surface area contributed by atoms with Gasteiger partial charge in [0, 0.05) is 30.2 Å². The number of rotatable bonds is 3. The summed E-state index contributed by atoms with van der Waals surface area (Å²) in [7, 11) is -1.85. The Morgan fingerprint density at radius 2 is 2.08 bits per heavy atom. The molecular formula is C18H21NO3S2. The Balaban J connectivity index is 1.92. The van der Waals surface area contributed by atoms with Crippen molar-refractivity contribution in [1.82, 2.24) is 4.31 Å². The number of allylic oxidation sites excluding steroid dienone is 6. The van der Waals surface area contributed by atoms with Gasteiger partial charge >= 0.3 is 0 Å². The van der Waals surface area contributed by atoms with Crippen LogP contribution in [0.2, 0.25) is 0 Å². The van der Waals surface area contributed by atoms with E-state index in [9.17, 15) is 8.42 Å². The molecule has 1 aromatic rings. The Labute approximate surface area is 147 Å². The molecule has 3 rings (SSSR count). The minimum absolute atomic E-state index is 0.381. The van der Waals surface area contributed by atoms with Crippen LogP contribution in [0.5, 0.6) is 5.75 Å². The third-order valence-electron chi connectivity index (χ3n) is 4.12. The summed E-state index contributed by atoms with van der Waals surface area (Å²) in [6.45, 7) is 2.85. The number of hydrogen-bond acceptors (Lipinski definition) is 4. The van der Waals surface area contributed by atoms with Crippen LogP contribution in [0.4, 0.5) is 0 Å². The highest BCUT2D eigenvalue weighted by molar-refractivity contribution is 7.99. The maximum atomic E-state index is 13.1. The molecule has 1 heterocycles. The van der Waals surface area contributed by atoms with Crippen LogP contribution in [0.15, 0.2) is 57.9 Å². The summed E-state index contributed by atoms with van der Waals surface area (Å²) < 4.78 is 33.0. The van der Waals surface area contributed by atoms with E-state index in [1.54, 1.807) is 29.3 Å². The first kappa shape index (κ1) is 17.3. The quantitative estimate of drug-likeness (QED) is 0.821. The van der Waals surface area contributed by atoms with Crippen LogP contribution in [-0.2, 0) is 16.6 Å². The number of fused-ring (bicyclic) bond motifs is 1. The molecule has 0 fully saturated rings. The SMILES string of the molecule is COc1ccc2c(c1)CN(S(=O)(=O)C1=CC=C(C)C=CC1)CCS2. The van der Waals surface area contributed by atoms with Gasteiger partial charge in [-0.15, -0.1) is 11.8 Å². The molecule has 4 nitrogen and oxygen atoms in total. The van der Waals surface area contributed by atoms with E-state index in [1.807, 2.05) is 43.4 Å². The van der Waals surface area contributed by atoms with E-state index in [4.69, 9.17) is 4.74 Å². The Morgan fingerprint density at radius 1 is 1.25 bits per heavy atom. The minimum atomic E-state index is -3.47. The maximum absolute atomic E-state index is 13.1. The zero-order chi connectivity index (χ0) is 17.2. The van der Waals surface area contributed by atoms with Crippen LogP contribution in [0.3, 0.4) is 0 Å². The van der Waals surface area contributed by atoms with Crippen molar-refractivity contribution >= 4 is 21.8 Å². The predicted octanol–water partition coefficient (Wildman–Crippen LogP) is 3.72. The second-order valence-corrected chi connectivity index (χ2v) is 8.94. The zero-order valence-electron chi connectivity index (χ0n) is 13.9. The fraction of sp³-hybridized carbons (Fsp3) is 0.333. The molecular weight excluding hydrogens is 342 g/mol. The molecule has 0 amide bonds. The van der Waals surface area contributed by atoms with Crippen LogP contribution in [0.1, 0.15) is 18.9 Å². The average Bonchev–Trinajstić information content (AvgIpc) is 2.92. The summed E-state index contributed by atoms with van der Waals surface area (Å²) in [6, 6.07) is 5.86. The fourth-order valence-corrected chi connectivity index (χ4v) is 5.38. The van der Waals surface area contributed by atoms with Crippen molar-refractivity contribution in [2.45, 2.75) is 24.8 Å². The molecule has 6 heteroatoms. The maximum Gasteiger partial charge on any atom is 0.239 e. The number of sulfonamides is 1. The third-order valence-corrected chi connectivity index (χ3v) is 7.17. The second kappa shape index (κ2) is 7.17. The van der Waals surface area contributed by atoms with Gasteiger partial charge < -0.3 is 4.74 Å². The van der Waals surface area contributed by atoms with Crippen LogP contribution in [-0.4, -0.2) is 32.1 Å². The molecule has 0 atom stereocenters. The Morgan fingerprint density at radius 3 is 2.88 bits per heavy atom. The standard InChI is InChI=1S/C18H21NO3S2/c1-14-4-3-5-17(8-6-14)24(20,21)19-10-11-23-18-9-7-16(22-2)12-15(18)13-19/h3-4,6-9,12H,5,10-11,13H2,1-2H3. The Bertz CT molecular complexity index is 823. The van der Waals surface area contributed by atoms with Crippen molar-refractivity contribution in [2.24, 2.45) is 0 Å². The van der Waals surface area contributed by atoms with Gasteiger partial charge in [-0.3, -0.25) is 0 Å². The van der Waals surface area contributed by atoms with E-state index in [0.29, 0.717) is 24.4 Å². The lowest BCUT2D eigenvalue weighted by atomic mass is 10.2. The van der Waals surface area contributed by atoms with Gasteiger partial charge in [0.25, 0.3) is 0 Å². The number of nitrogens with zero attached hydrogens (tertiary/aromatic N) is 1. The third kappa shape index (κ3) is 3.61. The molecule has 0 aromatic heterocycles. The lowest BCUT2D eigenvalue weighted by Gasteiger charge is -2.21. The van der Waals surface area contributed by atoms with Gasteiger partial charge in [0.05, 0.1) is 12.0 Å². The molecule has 0 saturated carbocycles. The molecule has 128 valence electrons. The summed E-state index contributed by atoms with van der Waals surface area (Å²) in [5, 5.41) is 0. The van der Waals surface area contributed by atoms with Crippen LogP contribution < -0.4 is 4.74 Å². The van der Waals surface area contributed by atoms with Crippen molar-refractivity contribution in [3.8, 4) is 5.75 Å². The molecule has 1 aliphatic heterocycles. The lowest BCUT2D eigenvalue weighted by Crippen LogP contribution is -2.32. The van der Waals surface area contributed by atoms with Crippen molar-refractivity contribution in [3.63, 3.8) is 0 Å². The first-order valence-electron chi connectivity index (χ1n) is 7.84. The van der Waals surface area contributed by atoms with Crippen molar-refractivity contribution in [2.75, 3.05) is 19.4 Å². The largest absolute Gasteiger partial charge is 0.497 e. The normalized spacial score (nSPS) is 18.9. The monoisotopic (exact) mass is 363 g/mol. The van der Waals surface area contributed by atoms with Crippen molar-refractivity contribution in [1.29, 1.82) is 0 Å². The van der Waals surface area contributed by atoms with Gasteiger partial charge in [-0.2, -0.15) is 4.31 Å². The average molecular weight is 364 g/mol. The summed E-state index contributed by atoms with van der Waals surface area (Å²) in [4.78, 5) is 1.57. The second-order valence-electron chi connectivity index (χ2n) is 5.81. The molecule has 0 spiro atoms. The van der Waals surface area contributed by atoms with Crippen LogP contribution >= 0.6 is 11.8 Å². The molecule has 0 saturated heterocycles. The first-order valence-corrected chi connectivity index (χ1v) is 10.3. The molecule has 2 aliphatic rings. The topological polar surface area (TPSA) is 46.6 Å². The number of methoxy groups -OCH3 is 1. The Hall–Kier alpha value is -1.50. The van der Waals surface area contributed by atoms with Gasteiger partial charge in [-0.1, -0.05) is 23.8 Å². The number of thioether (sulfide) groups is 1. The molecule has 1 aromatic carbocycles. The van der Waals surface area contributed by atoms with Crippen LogP contribution in [0.25, 0.3) is 0 Å². The smallest absolute Gasteiger partial charge is 0.239 e. The van der Waals surface area contributed by atoms with E-state index in [0.717, 1.165) is 27.5 Å². The predicted molar refractivity (Wildman–Crippen MR) is 98.6 cm³/mol.